The summed E-state index contributed by atoms with van der Waals surface area (Å²) >= 11 is 0. The molecular formula is C34H39N3O6. The first-order chi connectivity index (χ1) is 20.4. The summed E-state index contributed by atoms with van der Waals surface area (Å²) in [5.41, 5.74) is 8.79. The highest BCUT2D eigenvalue weighted by atomic mass is 16.3. The van der Waals surface area contributed by atoms with Gasteiger partial charge in [-0.2, -0.15) is 0 Å². The van der Waals surface area contributed by atoms with Crippen molar-refractivity contribution < 1.29 is 29.7 Å². The number of ketones is 2. The average Bonchev–Trinajstić information content (AvgIpc) is 3.24. The van der Waals surface area contributed by atoms with E-state index in [2.05, 4.69) is 30.9 Å². The molecule has 0 saturated carbocycles. The number of likely N-dealkylation sites (tertiary alicyclic amines) is 1. The molecule has 1 aliphatic heterocycles. The lowest BCUT2D eigenvalue weighted by atomic mass is 9.60. The molecule has 1 heterocycles. The van der Waals surface area contributed by atoms with E-state index < -0.39 is 58.4 Å². The Bertz CT molecular complexity index is 1600. The predicted octanol–water partition coefficient (Wildman–Crippen LogP) is 4.05. The van der Waals surface area contributed by atoms with E-state index in [9.17, 15) is 29.7 Å². The SMILES string of the molecule is C[C@@H]1CC[C@@H](C)N1Cc1cccc(-c2ccc(O)c3c2CC2CC4C(C(=O)C(C(N)=O)=C(O)[C@H]4N(C)C)C(O)=C2C3=O)c1. The van der Waals surface area contributed by atoms with Crippen LogP contribution in [0.1, 0.15) is 54.6 Å². The van der Waals surface area contributed by atoms with E-state index in [4.69, 9.17) is 5.73 Å². The zero-order chi connectivity index (χ0) is 30.9. The Morgan fingerprint density at radius 1 is 1.02 bits per heavy atom. The molecule has 9 nitrogen and oxygen atoms in total. The Morgan fingerprint density at radius 3 is 2.37 bits per heavy atom. The number of Topliss-reactive ketones (excluding diaryl/α,β-unsaturated/α-hetero) is 2. The molecule has 1 amide bonds. The van der Waals surface area contributed by atoms with Gasteiger partial charge in [-0.1, -0.05) is 24.3 Å². The van der Waals surface area contributed by atoms with E-state index in [1.807, 2.05) is 18.2 Å². The molecule has 2 aromatic rings. The molecule has 6 atom stereocenters. The highest BCUT2D eigenvalue weighted by Crippen LogP contribution is 2.51. The maximum absolute atomic E-state index is 14.1. The monoisotopic (exact) mass is 585 g/mol. The van der Waals surface area contributed by atoms with Crippen molar-refractivity contribution in [3.63, 3.8) is 0 Å². The summed E-state index contributed by atoms with van der Waals surface area (Å²) in [5, 5.41) is 33.4. The minimum absolute atomic E-state index is 0.0861. The zero-order valence-electron chi connectivity index (χ0n) is 25.0. The van der Waals surface area contributed by atoms with E-state index in [-0.39, 0.29) is 16.9 Å². The quantitative estimate of drug-likeness (QED) is 0.385. The van der Waals surface area contributed by atoms with Crippen LogP contribution in [-0.4, -0.2) is 74.8 Å². The highest BCUT2D eigenvalue weighted by molar-refractivity contribution is 6.22. The number of hydrogen-bond acceptors (Lipinski definition) is 8. The molecule has 1 saturated heterocycles. The highest BCUT2D eigenvalue weighted by Gasteiger charge is 2.54. The van der Waals surface area contributed by atoms with Crippen LogP contribution in [0.15, 0.2) is 59.1 Å². The number of aliphatic hydroxyl groups excluding tert-OH is 2. The summed E-state index contributed by atoms with van der Waals surface area (Å²) in [5.74, 6) is -5.60. The molecule has 4 aliphatic rings. The molecule has 0 spiro atoms. The van der Waals surface area contributed by atoms with Gasteiger partial charge in [-0.3, -0.25) is 24.2 Å². The predicted molar refractivity (Wildman–Crippen MR) is 161 cm³/mol. The normalized spacial score (nSPS) is 29.1. The number of fused-ring (bicyclic) bond motifs is 3. The Labute approximate surface area is 251 Å². The number of primary amides is 1. The maximum atomic E-state index is 14.1. The molecular weight excluding hydrogens is 546 g/mol. The van der Waals surface area contributed by atoms with E-state index in [0.29, 0.717) is 30.5 Å². The molecule has 5 N–H and O–H groups in total. The van der Waals surface area contributed by atoms with Gasteiger partial charge in [-0.05, 0) is 99.8 Å². The summed E-state index contributed by atoms with van der Waals surface area (Å²) in [4.78, 5) is 43.9. The number of benzene rings is 2. The van der Waals surface area contributed by atoms with Crippen LogP contribution in [0.5, 0.6) is 5.75 Å². The number of nitrogens with zero attached hydrogens (tertiary/aromatic N) is 2. The fourth-order valence-electron chi connectivity index (χ4n) is 8.15. The molecule has 1 fully saturated rings. The molecule has 0 bridgehead atoms. The van der Waals surface area contributed by atoms with E-state index in [1.54, 1.807) is 19.0 Å². The van der Waals surface area contributed by atoms with Gasteiger partial charge in [0.25, 0.3) is 5.91 Å². The number of phenolic OH excluding ortho intramolecular Hbond substituents is 1. The van der Waals surface area contributed by atoms with Crippen LogP contribution < -0.4 is 5.73 Å². The first-order valence-electron chi connectivity index (χ1n) is 15.0. The van der Waals surface area contributed by atoms with Crippen LogP contribution in [-0.2, 0) is 22.6 Å². The molecule has 9 heteroatoms. The second kappa shape index (κ2) is 10.6. The standard InChI is InChI=1S/C34H39N3O6/c1-16-8-9-17(2)37(16)15-18-6-5-7-19(12-18)21-10-11-24(38)26-22(21)13-20-14-23-27(31(40)25(20)30(26)39)32(41)28(34(35)43)33(42)29(23)36(3)4/h5-7,10-12,16-17,20,23,27,29,38,40,42H,8-9,13-15H2,1-4H3,(H2,35,43)/t16-,17-,20?,23?,27?,29+/m1/s1. The Kier molecular flexibility index (Phi) is 7.21. The van der Waals surface area contributed by atoms with Crippen LogP contribution in [0.3, 0.4) is 0 Å². The van der Waals surface area contributed by atoms with Crippen molar-refractivity contribution in [3.05, 3.63) is 75.8 Å². The second-order valence-corrected chi connectivity index (χ2v) is 12.9. The summed E-state index contributed by atoms with van der Waals surface area (Å²) < 4.78 is 0. The Morgan fingerprint density at radius 2 is 1.72 bits per heavy atom. The van der Waals surface area contributed by atoms with Gasteiger partial charge in [-0.15, -0.1) is 0 Å². The van der Waals surface area contributed by atoms with Crippen LogP contribution in [0.25, 0.3) is 11.1 Å². The third-order valence-electron chi connectivity index (χ3n) is 10.2. The number of nitrogens with two attached hydrogens (primary N) is 1. The maximum Gasteiger partial charge on any atom is 0.255 e. The van der Waals surface area contributed by atoms with Gasteiger partial charge >= 0.3 is 0 Å². The summed E-state index contributed by atoms with van der Waals surface area (Å²) in [6, 6.07) is 11.9. The summed E-state index contributed by atoms with van der Waals surface area (Å²) in [7, 11) is 3.44. The van der Waals surface area contributed by atoms with Gasteiger partial charge in [0.15, 0.2) is 11.6 Å². The molecule has 43 heavy (non-hydrogen) atoms. The lowest BCUT2D eigenvalue weighted by molar-refractivity contribution is -0.127. The molecule has 3 aliphatic carbocycles. The minimum Gasteiger partial charge on any atom is -0.511 e. The number of phenols is 1. The van der Waals surface area contributed by atoms with Crippen LogP contribution in [0.4, 0.5) is 0 Å². The number of rotatable bonds is 5. The van der Waals surface area contributed by atoms with Crippen molar-refractivity contribution in [2.75, 3.05) is 14.1 Å². The number of hydrogen-bond donors (Lipinski definition) is 4. The van der Waals surface area contributed by atoms with Gasteiger partial charge in [-0.25, -0.2) is 0 Å². The van der Waals surface area contributed by atoms with E-state index in [1.165, 1.54) is 24.5 Å². The van der Waals surface area contributed by atoms with Gasteiger partial charge < -0.3 is 21.1 Å². The van der Waals surface area contributed by atoms with Gasteiger partial charge in [0.05, 0.1) is 17.5 Å². The fraction of sp³-hybridized carbons (Fsp3) is 0.441. The van der Waals surface area contributed by atoms with Crippen molar-refractivity contribution in [3.8, 4) is 16.9 Å². The summed E-state index contributed by atoms with van der Waals surface area (Å²) in [6.45, 7) is 5.34. The van der Waals surface area contributed by atoms with Crippen molar-refractivity contribution in [1.29, 1.82) is 0 Å². The number of likely N-dealkylation sites (N-methyl/N-ethyl adjacent to an activating group) is 1. The first-order valence-corrected chi connectivity index (χ1v) is 15.0. The van der Waals surface area contributed by atoms with Crippen molar-refractivity contribution >= 4 is 17.5 Å². The van der Waals surface area contributed by atoms with Crippen molar-refractivity contribution in [2.45, 2.75) is 64.2 Å². The number of amides is 1. The lowest BCUT2D eigenvalue weighted by Crippen LogP contribution is -2.53. The third-order valence-corrected chi connectivity index (χ3v) is 10.2. The minimum atomic E-state index is -1.19. The van der Waals surface area contributed by atoms with Gasteiger partial charge in [0.1, 0.15) is 22.8 Å². The summed E-state index contributed by atoms with van der Waals surface area (Å²) in [6.07, 6.45) is 3.04. The Hall–Kier alpha value is -3.95. The number of carbonyl (C=O) groups excluding carboxylic acids is 3. The second-order valence-electron chi connectivity index (χ2n) is 12.9. The fourth-order valence-corrected chi connectivity index (χ4v) is 8.15. The zero-order valence-corrected chi connectivity index (χ0v) is 25.0. The van der Waals surface area contributed by atoms with Crippen LogP contribution in [0, 0.1) is 17.8 Å². The van der Waals surface area contributed by atoms with Crippen LogP contribution in [0.2, 0.25) is 0 Å². The molecule has 0 aromatic heterocycles. The van der Waals surface area contributed by atoms with E-state index >= 15 is 0 Å². The van der Waals surface area contributed by atoms with E-state index in [0.717, 1.165) is 17.7 Å². The van der Waals surface area contributed by atoms with Gasteiger partial charge in [0, 0.05) is 24.2 Å². The number of aromatic hydroxyl groups is 1. The average molecular weight is 586 g/mol. The molecule has 0 radical (unpaired) electrons. The van der Waals surface area contributed by atoms with Gasteiger partial charge in [0.2, 0.25) is 0 Å². The third kappa shape index (κ3) is 4.57. The topological polar surface area (TPSA) is 144 Å². The number of carbonyl (C=O) groups is 3. The molecule has 226 valence electrons. The Balaban J connectivity index is 1.42. The van der Waals surface area contributed by atoms with Crippen molar-refractivity contribution in [1.82, 2.24) is 9.80 Å². The molecule has 3 unspecified atom stereocenters. The largest absolute Gasteiger partial charge is 0.511 e. The molecule has 2 aromatic carbocycles. The molecule has 6 rings (SSSR count). The number of aliphatic hydroxyl groups is 2. The smallest absolute Gasteiger partial charge is 0.255 e. The lowest BCUT2D eigenvalue weighted by Gasteiger charge is -2.46. The first kappa shape index (κ1) is 29.1. The van der Waals surface area contributed by atoms with Crippen molar-refractivity contribution in [2.24, 2.45) is 23.5 Å². The van der Waals surface area contributed by atoms with Crippen LogP contribution >= 0.6 is 0 Å². The number of allylic oxidation sites excluding steroid dienone is 2.